The zero-order valence-electron chi connectivity index (χ0n) is 18.0. The lowest BCUT2D eigenvalue weighted by atomic mass is 10.0. The van der Waals surface area contributed by atoms with Gasteiger partial charge in [0.1, 0.15) is 6.54 Å². The number of hydrogen-bond donors (Lipinski definition) is 2. The molecule has 7 nitrogen and oxygen atoms in total. The number of carbonyl (C=O) groups excluding carboxylic acids is 2. The van der Waals surface area contributed by atoms with E-state index >= 15 is 0 Å². The van der Waals surface area contributed by atoms with Crippen LogP contribution in [-0.2, 0) is 11.3 Å². The van der Waals surface area contributed by atoms with Crippen LogP contribution in [0.1, 0.15) is 55.7 Å². The summed E-state index contributed by atoms with van der Waals surface area (Å²) in [7, 11) is 1.73. The molecule has 3 N–H and O–H groups in total. The molecule has 0 radical (unpaired) electrons. The third-order valence-electron chi connectivity index (χ3n) is 4.73. The fourth-order valence-electron chi connectivity index (χ4n) is 2.92. The lowest BCUT2D eigenvalue weighted by molar-refractivity contribution is -0.122. The summed E-state index contributed by atoms with van der Waals surface area (Å²) in [6.45, 7) is 11.7. The lowest BCUT2D eigenvalue weighted by Gasteiger charge is -2.24. The summed E-state index contributed by atoms with van der Waals surface area (Å²) in [6.07, 6.45) is 0.703. The van der Waals surface area contributed by atoms with Crippen molar-refractivity contribution in [2.24, 2.45) is 11.7 Å². The molecule has 1 atom stereocenters. The molecule has 8 heteroatoms. The molecule has 0 aliphatic heterocycles. The van der Waals surface area contributed by atoms with Gasteiger partial charge < -0.3 is 20.5 Å². The van der Waals surface area contributed by atoms with E-state index in [0.717, 1.165) is 0 Å². The van der Waals surface area contributed by atoms with Crippen molar-refractivity contribution in [2.45, 2.75) is 66.6 Å². The van der Waals surface area contributed by atoms with Gasteiger partial charge in [0.15, 0.2) is 0 Å². The van der Waals surface area contributed by atoms with Crippen LogP contribution in [0, 0.1) is 19.8 Å². The van der Waals surface area contributed by atoms with Gasteiger partial charge in [-0.2, -0.15) is 0 Å². The number of aromatic nitrogens is 1. The molecule has 0 aromatic carbocycles. The molecule has 0 saturated heterocycles. The Bertz CT molecular complexity index is 744. The van der Waals surface area contributed by atoms with E-state index < -0.39 is 0 Å². The van der Waals surface area contributed by atoms with Crippen LogP contribution < -0.4 is 16.6 Å². The Morgan fingerprint density at radius 1 is 1.21 bits per heavy atom. The molecule has 0 saturated carbocycles. The van der Waals surface area contributed by atoms with E-state index in [0.29, 0.717) is 35.7 Å². The molecule has 0 spiro atoms. The van der Waals surface area contributed by atoms with Crippen molar-refractivity contribution in [1.29, 1.82) is 0 Å². The van der Waals surface area contributed by atoms with Gasteiger partial charge in [-0.05, 0) is 45.6 Å². The van der Waals surface area contributed by atoms with Crippen LogP contribution in [0.15, 0.2) is 10.9 Å². The van der Waals surface area contributed by atoms with Crippen molar-refractivity contribution < 1.29 is 9.59 Å². The standard InChI is InChI=1S/C20H34N4O3.ClH/c1-12(2)16(21)8-9-23(7)20(27)19-14(5)10-18(26)24(15(19)6)11-17(25)22-13(3)4;/h10,12-13,16H,8-9,11,21H2,1-7H3,(H,22,25);1H. The van der Waals surface area contributed by atoms with Crippen LogP contribution in [0.3, 0.4) is 0 Å². The fourth-order valence-corrected chi connectivity index (χ4v) is 2.92. The number of hydrogen-bond acceptors (Lipinski definition) is 4. The number of halogens is 1. The molecule has 0 bridgehead atoms. The summed E-state index contributed by atoms with van der Waals surface area (Å²) >= 11 is 0. The average molecular weight is 415 g/mol. The summed E-state index contributed by atoms with van der Waals surface area (Å²) in [4.78, 5) is 39.0. The predicted octanol–water partition coefficient (Wildman–Crippen LogP) is 1.86. The normalized spacial score (nSPS) is 11.9. The first-order chi connectivity index (χ1) is 12.5. The number of amides is 2. The number of rotatable bonds is 8. The first kappa shape index (κ1) is 26.1. The van der Waals surface area contributed by atoms with Crippen molar-refractivity contribution in [3.8, 4) is 0 Å². The van der Waals surface area contributed by atoms with Crippen molar-refractivity contribution in [3.05, 3.63) is 33.2 Å². The Labute approximate surface area is 174 Å². The summed E-state index contributed by atoms with van der Waals surface area (Å²) in [5.41, 5.74) is 7.37. The van der Waals surface area contributed by atoms with Gasteiger partial charge in [-0.3, -0.25) is 14.4 Å². The zero-order chi connectivity index (χ0) is 20.9. The van der Waals surface area contributed by atoms with E-state index in [-0.39, 0.29) is 48.4 Å². The van der Waals surface area contributed by atoms with Crippen molar-refractivity contribution in [1.82, 2.24) is 14.8 Å². The largest absolute Gasteiger partial charge is 0.352 e. The smallest absolute Gasteiger partial charge is 0.255 e. The predicted molar refractivity (Wildman–Crippen MR) is 115 cm³/mol. The summed E-state index contributed by atoms with van der Waals surface area (Å²) < 4.78 is 1.35. The van der Waals surface area contributed by atoms with E-state index in [1.54, 1.807) is 25.8 Å². The van der Waals surface area contributed by atoms with Gasteiger partial charge in [-0.1, -0.05) is 13.8 Å². The van der Waals surface area contributed by atoms with Gasteiger partial charge in [0.05, 0.1) is 5.56 Å². The minimum absolute atomic E-state index is 0. The second-order valence-corrected chi connectivity index (χ2v) is 7.86. The van der Waals surface area contributed by atoms with Crippen molar-refractivity contribution >= 4 is 24.2 Å². The molecule has 2 amide bonds. The number of nitrogens with one attached hydrogen (secondary N) is 1. The zero-order valence-corrected chi connectivity index (χ0v) is 18.9. The average Bonchev–Trinajstić information content (AvgIpc) is 2.54. The Hall–Kier alpha value is -1.86. The Kier molecular flexibility index (Phi) is 10.5. The molecule has 1 unspecified atom stereocenters. The highest BCUT2D eigenvalue weighted by molar-refractivity contribution is 5.96. The summed E-state index contributed by atoms with van der Waals surface area (Å²) in [6, 6.07) is 1.42. The topological polar surface area (TPSA) is 97.4 Å². The van der Waals surface area contributed by atoms with Crippen LogP contribution in [0.2, 0.25) is 0 Å². The van der Waals surface area contributed by atoms with E-state index in [9.17, 15) is 14.4 Å². The van der Waals surface area contributed by atoms with Crippen LogP contribution in [0.5, 0.6) is 0 Å². The quantitative estimate of drug-likeness (QED) is 0.678. The highest BCUT2D eigenvalue weighted by Gasteiger charge is 2.21. The third-order valence-corrected chi connectivity index (χ3v) is 4.73. The van der Waals surface area contributed by atoms with Gasteiger partial charge in [0, 0.05) is 37.4 Å². The molecule has 160 valence electrons. The molecule has 1 aromatic rings. The van der Waals surface area contributed by atoms with Crippen LogP contribution in [0.25, 0.3) is 0 Å². The van der Waals surface area contributed by atoms with Crippen molar-refractivity contribution in [3.63, 3.8) is 0 Å². The van der Waals surface area contributed by atoms with E-state index in [2.05, 4.69) is 19.2 Å². The first-order valence-electron chi connectivity index (χ1n) is 9.47. The molecular formula is C20H35ClN4O3. The number of nitrogens with two attached hydrogens (primary N) is 1. The third kappa shape index (κ3) is 6.95. The highest BCUT2D eigenvalue weighted by Crippen LogP contribution is 2.15. The molecule has 1 heterocycles. The number of carbonyl (C=O) groups is 2. The second kappa shape index (κ2) is 11.2. The maximum atomic E-state index is 13.0. The molecule has 1 rings (SSSR count). The molecule has 0 aliphatic rings. The van der Waals surface area contributed by atoms with Gasteiger partial charge in [0.25, 0.3) is 11.5 Å². The maximum absolute atomic E-state index is 13.0. The molecule has 28 heavy (non-hydrogen) atoms. The lowest BCUT2D eigenvalue weighted by Crippen LogP contribution is -2.39. The van der Waals surface area contributed by atoms with E-state index in [1.807, 2.05) is 13.8 Å². The van der Waals surface area contributed by atoms with Crippen LogP contribution >= 0.6 is 12.4 Å². The van der Waals surface area contributed by atoms with Crippen LogP contribution in [-0.4, -0.2) is 47.0 Å². The van der Waals surface area contributed by atoms with Gasteiger partial charge >= 0.3 is 0 Å². The van der Waals surface area contributed by atoms with E-state index in [1.165, 1.54) is 10.6 Å². The van der Waals surface area contributed by atoms with Gasteiger partial charge in [0.2, 0.25) is 5.91 Å². The minimum Gasteiger partial charge on any atom is -0.352 e. The maximum Gasteiger partial charge on any atom is 0.255 e. The van der Waals surface area contributed by atoms with Gasteiger partial charge in [-0.25, -0.2) is 0 Å². The summed E-state index contributed by atoms with van der Waals surface area (Å²) in [5.74, 6) is -0.0777. The Balaban J connectivity index is 0.00000729. The SMILES string of the molecule is Cc1cc(=O)n(CC(=O)NC(C)C)c(C)c1C(=O)N(C)CCC(N)C(C)C.Cl. The number of nitrogens with zero attached hydrogens (tertiary/aromatic N) is 2. The molecule has 1 aromatic heterocycles. The molecule has 0 fully saturated rings. The Morgan fingerprint density at radius 2 is 1.79 bits per heavy atom. The second-order valence-electron chi connectivity index (χ2n) is 7.86. The van der Waals surface area contributed by atoms with Crippen LogP contribution in [0.4, 0.5) is 0 Å². The van der Waals surface area contributed by atoms with E-state index in [4.69, 9.17) is 5.73 Å². The van der Waals surface area contributed by atoms with Gasteiger partial charge in [-0.15, -0.1) is 12.4 Å². The number of aryl methyl sites for hydroxylation is 1. The first-order valence-corrected chi connectivity index (χ1v) is 9.47. The minimum atomic E-state index is -0.287. The Morgan fingerprint density at radius 3 is 2.29 bits per heavy atom. The van der Waals surface area contributed by atoms with Crippen molar-refractivity contribution in [2.75, 3.05) is 13.6 Å². The fraction of sp³-hybridized carbons (Fsp3) is 0.650. The highest BCUT2D eigenvalue weighted by atomic mass is 35.5. The monoisotopic (exact) mass is 414 g/mol. The number of pyridine rings is 1. The molecular weight excluding hydrogens is 380 g/mol. The molecule has 0 aliphatic carbocycles. The summed E-state index contributed by atoms with van der Waals surface area (Å²) in [5, 5.41) is 2.77.